The first-order valence-corrected chi connectivity index (χ1v) is 5.12. The fraction of sp³-hybridized carbons (Fsp3) is 0.583. The maximum Gasteiger partial charge on any atom is 0.333 e. The maximum absolute atomic E-state index is 10.9. The minimum Gasteiger partial charge on any atom is -0.462 e. The van der Waals surface area contributed by atoms with Crippen molar-refractivity contribution >= 4 is 5.97 Å². The molecule has 0 bridgehead atoms. The molecular weight excluding hydrogens is 176 g/mol. The molecule has 0 saturated carbocycles. The lowest BCUT2D eigenvalue weighted by atomic mass is 10.2. The molecule has 0 aliphatic rings. The number of unbranched alkanes of at least 4 members (excludes halogenated alkanes) is 3. The molecule has 0 amide bonds. The molecule has 2 heteroatoms. The summed E-state index contributed by atoms with van der Waals surface area (Å²) < 4.78 is 4.95. The normalized spacial score (nSPS) is 10.4. The molecule has 0 aromatic carbocycles. The summed E-state index contributed by atoms with van der Waals surface area (Å²) in [4.78, 5) is 10.9. The first-order valence-electron chi connectivity index (χ1n) is 5.12. The fourth-order valence-corrected chi connectivity index (χ4v) is 0.996. The summed E-state index contributed by atoms with van der Waals surface area (Å²) in [6, 6.07) is 0. The fourth-order valence-electron chi connectivity index (χ4n) is 0.996. The van der Waals surface area contributed by atoms with Crippen molar-refractivity contribution in [1.29, 1.82) is 0 Å². The highest BCUT2D eigenvalue weighted by Gasteiger charge is 2.01. The van der Waals surface area contributed by atoms with E-state index in [9.17, 15) is 4.79 Å². The number of hydrogen-bond donors (Lipinski definition) is 0. The molecule has 0 unspecified atom stereocenters. The van der Waals surface area contributed by atoms with E-state index in [-0.39, 0.29) is 5.97 Å². The molecule has 0 atom stereocenters. The van der Waals surface area contributed by atoms with Gasteiger partial charge in [0, 0.05) is 5.57 Å². The van der Waals surface area contributed by atoms with Gasteiger partial charge in [0.15, 0.2) is 0 Å². The van der Waals surface area contributed by atoms with Gasteiger partial charge in [-0.3, -0.25) is 0 Å². The third-order valence-corrected chi connectivity index (χ3v) is 1.83. The summed E-state index contributed by atoms with van der Waals surface area (Å²) >= 11 is 0. The van der Waals surface area contributed by atoms with Crippen molar-refractivity contribution in [2.45, 2.75) is 39.5 Å². The summed E-state index contributed by atoms with van der Waals surface area (Å²) in [5.41, 5.74) is 0.471. The van der Waals surface area contributed by atoms with Crippen LogP contribution in [0.5, 0.6) is 0 Å². The monoisotopic (exact) mass is 196 g/mol. The van der Waals surface area contributed by atoms with Gasteiger partial charge < -0.3 is 4.74 Å². The largest absolute Gasteiger partial charge is 0.462 e. The summed E-state index contributed by atoms with van der Waals surface area (Å²) in [6.45, 7) is 7.71. The second-order valence-electron chi connectivity index (χ2n) is 3.33. The van der Waals surface area contributed by atoms with E-state index in [0.717, 1.165) is 25.7 Å². The van der Waals surface area contributed by atoms with Gasteiger partial charge in [-0.15, -0.1) is 0 Å². The molecule has 14 heavy (non-hydrogen) atoms. The van der Waals surface area contributed by atoms with Crippen LogP contribution in [0.1, 0.15) is 39.5 Å². The Morgan fingerprint density at radius 1 is 1.36 bits per heavy atom. The van der Waals surface area contributed by atoms with E-state index in [0.29, 0.717) is 12.2 Å². The highest BCUT2D eigenvalue weighted by atomic mass is 16.5. The molecule has 0 fully saturated rings. The van der Waals surface area contributed by atoms with Gasteiger partial charge in [-0.2, -0.15) is 0 Å². The Morgan fingerprint density at radius 2 is 2.07 bits per heavy atom. The molecule has 0 heterocycles. The number of ether oxygens (including phenoxy) is 1. The smallest absolute Gasteiger partial charge is 0.333 e. The van der Waals surface area contributed by atoms with Gasteiger partial charge in [0.1, 0.15) is 0 Å². The van der Waals surface area contributed by atoms with Gasteiger partial charge in [0.2, 0.25) is 0 Å². The minimum atomic E-state index is -0.279. The van der Waals surface area contributed by atoms with Crippen LogP contribution in [0.15, 0.2) is 24.3 Å². The van der Waals surface area contributed by atoms with E-state index in [1.54, 1.807) is 6.92 Å². The lowest BCUT2D eigenvalue weighted by Crippen LogP contribution is -2.05. The topological polar surface area (TPSA) is 26.3 Å². The van der Waals surface area contributed by atoms with E-state index in [2.05, 4.69) is 18.7 Å². The standard InChI is InChI=1S/C12H20O2/c1-4-5-6-7-8-9-10-14-12(13)11(2)3/h4-5H,2,6-10H2,1,3H3/b5-4+. The number of hydrogen-bond acceptors (Lipinski definition) is 2. The van der Waals surface area contributed by atoms with Crippen LogP contribution < -0.4 is 0 Å². The Morgan fingerprint density at radius 3 is 2.64 bits per heavy atom. The highest BCUT2D eigenvalue weighted by molar-refractivity contribution is 5.86. The number of carbonyl (C=O) groups excluding carboxylic acids is 1. The molecule has 0 spiro atoms. The SMILES string of the molecule is C=C(C)C(=O)OCCCCC/C=C/C. The molecule has 2 nitrogen and oxygen atoms in total. The number of esters is 1. The Kier molecular flexibility index (Phi) is 7.90. The molecule has 0 aromatic rings. The summed E-state index contributed by atoms with van der Waals surface area (Å²) in [5.74, 6) is -0.279. The number of allylic oxidation sites excluding steroid dienone is 2. The van der Waals surface area contributed by atoms with E-state index in [1.807, 2.05) is 6.92 Å². The van der Waals surface area contributed by atoms with E-state index in [1.165, 1.54) is 0 Å². The second kappa shape index (κ2) is 8.54. The highest BCUT2D eigenvalue weighted by Crippen LogP contribution is 2.02. The van der Waals surface area contributed by atoms with Crippen LogP contribution in [0, 0.1) is 0 Å². The molecule has 0 radical (unpaired) electrons. The maximum atomic E-state index is 10.9. The summed E-state index contributed by atoms with van der Waals surface area (Å²) in [7, 11) is 0. The lowest BCUT2D eigenvalue weighted by molar-refractivity contribution is -0.139. The Labute approximate surface area is 86.6 Å². The van der Waals surface area contributed by atoms with Gasteiger partial charge in [-0.05, 0) is 39.5 Å². The molecule has 0 aliphatic carbocycles. The van der Waals surface area contributed by atoms with Crippen LogP contribution in [0.2, 0.25) is 0 Å². The van der Waals surface area contributed by atoms with Crippen molar-refractivity contribution < 1.29 is 9.53 Å². The van der Waals surface area contributed by atoms with Crippen LogP contribution in [0.4, 0.5) is 0 Å². The van der Waals surface area contributed by atoms with Crippen LogP contribution in [0.25, 0.3) is 0 Å². The van der Waals surface area contributed by atoms with Crippen LogP contribution >= 0.6 is 0 Å². The zero-order valence-corrected chi connectivity index (χ0v) is 9.21. The van der Waals surface area contributed by atoms with E-state index in [4.69, 9.17) is 4.74 Å². The molecule has 80 valence electrons. The Bertz CT molecular complexity index is 204. The van der Waals surface area contributed by atoms with Crippen molar-refractivity contribution in [3.8, 4) is 0 Å². The van der Waals surface area contributed by atoms with Gasteiger partial charge >= 0.3 is 5.97 Å². The van der Waals surface area contributed by atoms with Crippen molar-refractivity contribution in [3.63, 3.8) is 0 Å². The predicted octanol–water partition coefficient (Wildman–Crippen LogP) is 3.24. The van der Waals surface area contributed by atoms with Crippen LogP contribution in [-0.2, 0) is 9.53 Å². The van der Waals surface area contributed by atoms with Crippen molar-refractivity contribution in [2.24, 2.45) is 0 Å². The van der Waals surface area contributed by atoms with Gasteiger partial charge in [-0.25, -0.2) is 4.79 Å². The second-order valence-corrected chi connectivity index (χ2v) is 3.33. The Hall–Kier alpha value is -1.05. The lowest BCUT2D eigenvalue weighted by Gasteiger charge is -2.03. The minimum absolute atomic E-state index is 0.279. The van der Waals surface area contributed by atoms with Crippen LogP contribution in [-0.4, -0.2) is 12.6 Å². The average molecular weight is 196 g/mol. The van der Waals surface area contributed by atoms with Crippen LogP contribution in [0.3, 0.4) is 0 Å². The average Bonchev–Trinajstić information content (AvgIpc) is 2.16. The molecule has 0 saturated heterocycles. The first-order chi connectivity index (χ1) is 6.68. The molecule has 0 aliphatic heterocycles. The van der Waals surface area contributed by atoms with E-state index >= 15 is 0 Å². The van der Waals surface area contributed by atoms with Gasteiger partial charge in [0.05, 0.1) is 6.61 Å². The summed E-state index contributed by atoms with van der Waals surface area (Å²) in [6.07, 6.45) is 8.53. The Balaban J connectivity index is 3.21. The zero-order chi connectivity index (χ0) is 10.8. The van der Waals surface area contributed by atoms with Crippen molar-refractivity contribution in [2.75, 3.05) is 6.61 Å². The molecule has 0 aromatic heterocycles. The summed E-state index contributed by atoms with van der Waals surface area (Å²) in [5, 5.41) is 0. The molecular formula is C12H20O2. The van der Waals surface area contributed by atoms with Gasteiger partial charge in [0.25, 0.3) is 0 Å². The number of carbonyl (C=O) groups is 1. The quantitative estimate of drug-likeness (QED) is 0.270. The first kappa shape index (κ1) is 12.9. The third-order valence-electron chi connectivity index (χ3n) is 1.83. The predicted molar refractivity (Wildman–Crippen MR) is 59.1 cm³/mol. The zero-order valence-electron chi connectivity index (χ0n) is 9.21. The van der Waals surface area contributed by atoms with Crippen molar-refractivity contribution in [3.05, 3.63) is 24.3 Å². The van der Waals surface area contributed by atoms with E-state index < -0.39 is 0 Å². The third kappa shape index (κ3) is 7.59. The van der Waals surface area contributed by atoms with Gasteiger partial charge in [-0.1, -0.05) is 18.7 Å². The molecule has 0 rings (SSSR count). The van der Waals surface area contributed by atoms with Crippen molar-refractivity contribution in [1.82, 2.24) is 0 Å². The molecule has 0 N–H and O–H groups in total. The number of rotatable bonds is 7.